The van der Waals surface area contributed by atoms with Gasteiger partial charge in [0.2, 0.25) is 0 Å². The topological polar surface area (TPSA) is 9.23 Å². The molecule has 4 rings (SSSR count). The Morgan fingerprint density at radius 2 is 1.67 bits per heavy atom. The summed E-state index contributed by atoms with van der Waals surface area (Å²) in [6.07, 6.45) is 12.3. The monoisotopic (exact) mass is 242 g/mol. The fraction of sp³-hybridized carbons (Fsp3) is 0.529. The molecule has 3 aliphatic carbocycles. The second-order valence-electron chi connectivity index (χ2n) is 5.92. The zero-order valence-corrected chi connectivity index (χ0v) is 11.2. The molecule has 0 heterocycles. The van der Waals surface area contributed by atoms with Crippen molar-refractivity contribution in [1.29, 1.82) is 0 Å². The quantitative estimate of drug-likeness (QED) is 0.708. The van der Waals surface area contributed by atoms with Crippen molar-refractivity contribution in [1.82, 2.24) is 0 Å². The lowest BCUT2D eigenvalue weighted by Gasteiger charge is -2.47. The first-order chi connectivity index (χ1) is 8.82. The van der Waals surface area contributed by atoms with Gasteiger partial charge >= 0.3 is 0 Å². The molecule has 96 valence electrons. The number of methoxy groups -OCH3 is 1. The van der Waals surface area contributed by atoms with Gasteiger partial charge in [-0.1, -0.05) is 24.3 Å². The molecule has 2 bridgehead atoms. The summed E-state index contributed by atoms with van der Waals surface area (Å²) in [6.45, 7) is 0. The van der Waals surface area contributed by atoms with Gasteiger partial charge in [-0.25, -0.2) is 0 Å². The van der Waals surface area contributed by atoms with E-state index in [1.807, 2.05) is 6.08 Å². The molecule has 0 spiro atoms. The lowest BCUT2D eigenvalue weighted by atomic mass is 9.58. The van der Waals surface area contributed by atoms with Crippen LogP contribution < -0.4 is 0 Å². The summed E-state index contributed by atoms with van der Waals surface area (Å²) < 4.78 is 4.96. The third-order valence-corrected chi connectivity index (χ3v) is 5.01. The standard InChI is InChI=1S/C17H22O/c1-18-13-9-14-2-4-16(5-3-14)17-10-6-15(7-11-17)8-12-17/h2-5,9,13,15H,6-8,10-12H2,1H3/b13-9+. The molecule has 0 radical (unpaired) electrons. The second-order valence-corrected chi connectivity index (χ2v) is 5.92. The van der Waals surface area contributed by atoms with Gasteiger partial charge < -0.3 is 4.74 Å². The Kier molecular flexibility index (Phi) is 3.15. The van der Waals surface area contributed by atoms with Crippen molar-refractivity contribution in [2.24, 2.45) is 5.92 Å². The minimum absolute atomic E-state index is 0.512. The summed E-state index contributed by atoms with van der Waals surface area (Å²) in [5.74, 6) is 1.04. The zero-order valence-electron chi connectivity index (χ0n) is 11.2. The highest BCUT2D eigenvalue weighted by molar-refractivity contribution is 5.49. The van der Waals surface area contributed by atoms with Gasteiger partial charge in [-0.15, -0.1) is 0 Å². The van der Waals surface area contributed by atoms with Crippen LogP contribution in [0.25, 0.3) is 6.08 Å². The summed E-state index contributed by atoms with van der Waals surface area (Å²) >= 11 is 0. The molecule has 1 aromatic rings. The fourth-order valence-electron chi connectivity index (χ4n) is 3.78. The Morgan fingerprint density at radius 3 is 2.22 bits per heavy atom. The summed E-state index contributed by atoms with van der Waals surface area (Å²) in [5, 5.41) is 0. The maximum atomic E-state index is 4.96. The van der Waals surface area contributed by atoms with E-state index in [4.69, 9.17) is 4.74 Å². The molecule has 3 aliphatic rings. The molecule has 18 heavy (non-hydrogen) atoms. The average molecular weight is 242 g/mol. The summed E-state index contributed by atoms with van der Waals surface area (Å²) in [6, 6.07) is 9.11. The SMILES string of the molecule is CO/C=C/c1ccc(C23CCC(CC2)CC3)cc1. The van der Waals surface area contributed by atoms with Crippen LogP contribution >= 0.6 is 0 Å². The normalized spacial score (nSPS) is 30.8. The van der Waals surface area contributed by atoms with Crippen molar-refractivity contribution in [2.45, 2.75) is 43.9 Å². The van der Waals surface area contributed by atoms with Crippen molar-refractivity contribution < 1.29 is 4.74 Å². The molecule has 1 aromatic carbocycles. The molecule has 0 amide bonds. The smallest absolute Gasteiger partial charge is 0.0830 e. The minimum Gasteiger partial charge on any atom is -0.504 e. The van der Waals surface area contributed by atoms with Crippen molar-refractivity contribution in [2.75, 3.05) is 7.11 Å². The van der Waals surface area contributed by atoms with Crippen LogP contribution in [0.1, 0.15) is 49.7 Å². The van der Waals surface area contributed by atoms with Crippen molar-refractivity contribution in [3.05, 3.63) is 41.7 Å². The first-order valence-corrected chi connectivity index (χ1v) is 7.12. The average Bonchev–Trinajstić information content (AvgIpc) is 2.47. The van der Waals surface area contributed by atoms with Gasteiger partial charge in [-0.3, -0.25) is 0 Å². The third-order valence-electron chi connectivity index (χ3n) is 5.01. The van der Waals surface area contributed by atoms with Crippen molar-refractivity contribution in [3.8, 4) is 0 Å². The third kappa shape index (κ3) is 2.07. The van der Waals surface area contributed by atoms with Gasteiger partial charge in [-0.2, -0.15) is 0 Å². The van der Waals surface area contributed by atoms with E-state index in [0.717, 1.165) is 5.92 Å². The largest absolute Gasteiger partial charge is 0.504 e. The van der Waals surface area contributed by atoms with Gasteiger partial charge in [-0.05, 0) is 67.1 Å². The molecular weight excluding hydrogens is 220 g/mol. The molecule has 3 saturated carbocycles. The summed E-state index contributed by atoms with van der Waals surface area (Å²) in [5.41, 5.74) is 3.30. The molecule has 0 saturated heterocycles. The maximum Gasteiger partial charge on any atom is 0.0830 e. The van der Waals surface area contributed by atoms with Crippen molar-refractivity contribution >= 4 is 6.08 Å². The number of benzene rings is 1. The molecule has 0 N–H and O–H groups in total. The predicted octanol–water partition coefficient (Wildman–Crippen LogP) is 4.53. The van der Waals surface area contributed by atoms with Crippen LogP contribution in [0.3, 0.4) is 0 Å². The second kappa shape index (κ2) is 4.79. The van der Waals surface area contributed by atoms with Crippen LogP contribution in [-0.2, 0) is 10.2 Å². The van der Waals surface area contributed by atoms with Crippen LogP contribution in [0.2, 0.25) is 0 Å². The predicted molar refractivity (Wildman–Crippen MR) is 75.4 cm³/mol. The molecule has 0 atom stereocenters. The maximum absolute atomic E-state index is 4.96. The van der Waals surface area contributed by atoms with E-state index in [1.165, 1.54) is 44.1 Å². The number of rotatable bonds is 3. The summed E-state index contributed by atoms with van der Waals surface area (Å²) in [4.78, 5) is 0. The van der Waals surface area contributed by atoms with Gasteiger partial charge in [0.25, 0.3) is 0 Å². The van der Waals surface area contributed by atoms with E-state index in [-0.39, 0.29) is 0 Å². The highest BCUT2D eigenvalue weighted by Gasteiger charge is 2.41. The fourth-order valence-corrected chi connectivity index (χ4v) is 3.78. The first kappa shape index (κ1) is 11.8. The number of fused-ring (bicyclic) bond motifs is 3. The lowest BCUT2D eigenvalue weighted by molar-refractivity contribution is 0.136. The van der Waals surface area contributed by atoms with E-state index in [9.17, 15) is 0 Å². The molecule has 0 aliphatic heterocycles. The van der Waals surface area contributed by atoms with Gasteiger partial charge in [0.15, 0.2) is 0 Å². The lowest BCUT2D eigenvalue weighted by Crippen LogP contribution is -2.37. The zero-order chi connectivity index (χ0) is 12.4. The van der Waals surface area contributed by atoms with E-state index < -0.39 is 0 Å². The first-order valence-electron chi connectivity index (χ1n) is 7.12. The highest BCUT2D eigenvalue weighted by atomic mass is 16.5. The number of ether oxygens (including phenoxy) is 1. The van der Waals surface area contributed by atoms with Gasteiger partial charge in [0.05, 0.1) is 13.4 Å². The number of hydrogen-bond donors (Lipinski definition) is 0. The Bertz CT molecular complexity index is 408. The number of hydrogen-bond acceptors (Lipinski definition) is 1. The Balaban J connectivity index is 1.81. The van der Waals surface area contributed by atoms with Gasteiger partial charge in [0.1, 0.15) is 0 Å². The van der Waals surface area contributed by atoms with E-state index in [0.29, 0.717) is 5.41 Å². The molecular formula is C17H22O. The van der Waals surface area contributed by atoms with Crippen LogP contribution in [0.4, 0.5) is 0 Å². The Hall–Kier alpha value is -1.24. The minimum atomic E-state index is 0.512. The molecule has 3 fully saturated rings. The molecule has 1 heteroatoms. The Labute approximate surface area is 110 Å². The van der Waals surface area contributed by atoms with E-state index >= 15 is 0 Å². The van der Waals surface area contributed by atoms with Crippen molar-refractivity contribution in [3.63, 3.8) is 0 Å². The van der Waals surface area contributed by atoms with E-state index in [1.54, 1.807) is 18.9 Å². The molecule has 1 nitrogen and oxygen atoms in total. The van der Waals surface area contributed by atoms with Crippen LogP contribution in [0, 0.1) is 5.92 Å². The molecule has 0 unspecified atom stereocenters. The van der Waals surface area contributed by atoms with Crippen LogP contribution in [-0.4, -0.2) is 7.11 Å². The van der Waals surface area contributed by atoms with Gasteiger partial charge in [0, 0.05) is 0 Å². The van der Waals surface area contributed by atoms with Crippen LogP contribution in [0.5, 0.6) is 0 Å². The van der Waals surface area contributed by atoms with E-state index in [2.05, 4.69) is 24.3 Å². The summed E-state index contributed by atoms with van der Waals surface area (Å²) in [7, 11) is 1.68. The van der Waals surface area contributed by atoms with Crippen LogP contribution in [0.15, 0.2) is 30.5 Å². The molecule has 0 aromatic heterocycles. The highest BCUT2D eigenvalue weighted by Crippen LogP contribution is 2.51. The Morgan fingerprint density at radius 1 is 1.06 bits per heavy atom.